The van der Waals surface area contributed by atoms with Gasteiger partial charge in [-0.3, -0.25) is 4.72 Å². The molecule has 0 unspecified atom stereocenters. The van der Waals surface area contributed by atoms with Crippen LogP contribution >= 0.6 is 0 Å². The zero-order chi connectivity index (χ0) is 24.7. The van der Waals surface area contributed by atoms with Gasteiger partial charge in [0, 0.05) is 16.6 Å². The first-order valence-electron chi connectivity index (χ1n) is 10.7. The van der Waals surface area contributed by atoms with Crippen LogP contribution in [0.2, 0.25) is 0 Å². The molecule has 3 aromatic carbocycles. The average molecular weight is 479 g/mol. The summed E-state index contributed by atoms with van der Waals surface area (Å²) in [5, 5.41) is 10.3. The van der Waals surface area contributed by atoms with E-state index in [1.807, 2.05) is 12.1 Å². The minimum atomic E-state index is -4.01. The van der Waals surface area contributed by atoms with Crippen molar-refractivity contribution in [2.75, 3.05) is 11.8 Å². The fourth-order valence-electron chi connectivity index (χ4n) is 3.90. The Kier molecular flexibility index (Phi) is 5.87. The normalized spacial score (nSPS) is 12.0. The van der Waals surface area contributed by atoms with Gasteiger partial charge in [0.25, 0.3) is 10.0 Å². The molecular formula is C26H26N2O5S. The molecule has 3 N–H and O–H groups in total. The summed E-state index contributed by atoms with van der Waals surface area (Å²) < 4.78 is 34.5. The molecule has 0 spiro atoms. The van der Waals surface area contributed by atoms with E-state index in [9.17, 15) is 18.3 Å². The maximum absolute atomic E-state index is 13.3. The van der Waals surface area contributed by atoms with Crippen molar-refractivity contribution in [2.45, 2.75) is 31.1 Å². The Hall–Kier alpha value is -3.78. The lowest BCUT2D eigenvalue weighted by molar-refractivity contribution is 0.0692. The lowest BCUT2D eigenvalue weighted by Crippen LogP contribution is -2.14. The monoisotopic (exact) mass is 478 g/mol. The minimum absolute atomic E-state index is 0.0402. The summed E-state index contributed by atoms with van der Waals surface area (Å²) in [4.78, 5) is 14.8. The van der Waals surface area contributed by atoms with E-state index in [0.717, 1.165) is 5.56 Å². The van der Waals surface area contributed by atoms with Crippen LogP contribution in [0.3, 0.4) is 0 Å². The van der Waals surface area contributed by atoms with Gasteiger partial charge >= 0.3 is 5.97 Å². The van der Waals surface area contributed by atoms with Gasteiger partial charge in [-0.15, -0.1) is 0 Å². The second kappa shape index (κ2) is 8.53. The fourth-order valence-corrected chi connectivity index (χ4v) is 5.15. The van der Waals surface area contributed by atoms with Crippen molar-refractivity contribution in [2.24, 2.45) is 0 Å². The Bertz CT molecular complexity index is 1480. The predicted molar refractivity (Wildman–Crippen MR) is 133 cm³/mol. The molecule has 0 amide bonds. The Morgan fingerprint density at radius 1 is 1.00 bits per heavy atom. The number of anilines is 1. The number of sulfonamides is 1. The van der Waals surface area contributed by atoms with Gasteiger partial charge in [-0.25, -0.2) is 13.2 Å². The van der Waals surface area contributed by atoms with Gasteiger partial charge in [0.2, 0.25) is 0 Å². The predicted octanol–water partition coefficient (Wildman–Crippen LogP) is 5.64. The minimum Gasteiger partial charge on any atom is -0.497 e. The van der Waals surface area contributed by atoms with Crippen LogP contribution in [0.4, 0.5) is 5.69 Å². The number of benzene rings is 3. The summed E-state index contributed by atoms with van der Waals surface area (Å²) in [7, 11) is -2.49. The van der Waals surface area contributed by atoms with Crippen LogP contribution in [-0.2, 0) is 15.4 Å². The van der Waals surface area contributed by atoms with Gasteiger partial charge in [0.1, 0.15) is 16.3 Å². The molecule has 1 heterocycles. The number of rotatable bonds is 6. The fraction of sp³-hybridized carbons (Fsp3) is 0.192. The van der Waals surface area contributed by atoms with E-state index in [2.05, 4.69) is 30.5 Å². The van der Waals surface area contributed by atoms with Crippen molar-refractivity contribution >= 4 is 32.6 Å². The molecule has 0 radical (unpaired) electrons. The molecule has 0 aliphatic carbocycles. The summed E-state index contributed by atoms with van der Waals surface area (Å²) in [5.74, 6) is -0.629. The van der Waals surface area contributed by atoms with Gasteiger partial charge in [-0.05, 0) is 46.9 Å². The zero-order valence-electron chi connectivity index (χ0n) is 19.3. The molecule has 0 saturated heterocycles. The quantitative estimate of drug-likeness (QED) is 0.332. The molecule has 7 nitrogen and oxygen atoms in total. The average Bonchev–Trinajstić information content (AvgIpc) is 3.18. The van der Waals surface area contributed by atoms with Crippen molar-refractivity contribution in [3.8, 4) is 16.9 Å². The van der Waals surface area contributed by atoms with Crippen LogP contribution in [0.1, 0.15) is 36.8 Å². The third-order valence-electron chi connectivity index (χ3n) is 5.66. The number of H-pyrrole nitrogens is 1. The Morgan fingerprint density at radius 2 is 1.68 bits per heavy atom. The number of hydrogen-bond donors (Lipinski definition) is 3. The van der Waals surface area contributed by atoms with Crippen LogP contribution in [-0.4, -0.2) is 31.6 Å². The number of ether oxygens (including phenoxy) is 1. The number of aromatic carboxylic acids is 1. The number of para-hydroxylation sites is 1. The van der Waals surface area contributed by atoms with Gasteiger partial charge in [-0.1, -0.05) is 57.2 Å². The second-order valence-electron chi connectivity index (χ2n) is 9.02. The number of carbonyl (C=O) groups is 1. The van der Waals surface area contributed by atoms with E-state index in [0.29, 0.717) is 28.0 Å². The summed E-state index contributed by atoms with van der Waals surface area (Å²) in [6, 6.07) is 18.9. The largest absolute Gasteiger partial charge is 0.497 e. The molecule has 8 heteroatoms. The molecule has 176 valence electrons. The number of carboxylic acids is 1. The molecule has 0 bridgehead atoms. The smallest absolute Gasteiger partial charge is 0.352 e. The van der Waals surface area contributed by atoms with Crippen LogP contribution in [0.5, 0.6) is 5.75 Å². The van der Waals surface area contributed by atoms with E-state index in [1.54, 1.807) is 48.5 Å². The van der Waals surface area contributed by atoms with Crippen molar-refractivity contribution in [1.29, 1.82) is 0 Å². The van der Waals surface area contributed by atoms with E-state index in [1.165, 1.54) is 13.2 Å². The Morgan fingerprint density at radius 3 is 2.29 bits per heavy atom. The molecule has 4 rings (SSSR count). The molecular weight excluding hydrogens is 452 g/mol. The molecule has 34 heavy (non-hydrogen) atoms. The van der Waals surface area contributed by atoms with Gasteiger partial charge in [0.15, 0.2) is 0 Å². The molecule has 0 saturated carbocycles. The Balaban J connectivity index is 1.83. The molecule has 0 fully saturated rings. The van der Waals surface area contributed by atoms with E-state index >= 15 is 0 Å². The highest BCUT2D eigenvalue weighted by molar-refractivity contribution is 7.93. The van der Waals surface area contributed by atoms with Crippen LogP contribution < -0.4 is 9.46 Å². The third-order valence-corrected chi connectivity index (χ3v) is 7.08. The zero-order valence-corrected chi connectivity index (χ0v) is 20.2. The first kappa shape index (κ1) is 23.4. The summed E-state index contributed by atoms with van der Waals surface area (Å²) in [6.07, 6.45) is 0. The van der Waals surface area contributed by atoms with Crippen molar-refractivity contribution < 1.29 is 23.1 Å². The standard InChI is InChI=1S/C26H26N2O5S/c1-26(2,3)17-11-13-18(14-12-17)28-34(31,32)21-10-6-9-20-22(24(25(29)30)27-23(20)21)16-7-5-8-19(15-16)33-4/h5-15,27-28H,1-4H3,(H,29,30). The first-order valence-corrected chi connectivity index (χ1v) is 12.2. The third kappa shape index (κ3) is 4.36. The summed E-state index contributed by atoms with van der Waals surface area (Å²) >= 11 is 0. The Labute approximate surface area is 198 Å². The lowest BCUT2D eigenvalue weighted by Gasteiger charge is -2.19. The molecule has 0 aliphatic rings. The highest BCUT2D eigenvalue weighted by atomic mass is 32.2. The lowest BCUT2D eigenvalue weighted by atomic mass is 9.87. The van der Waals surface area contributed by atoms with Gasteiger partial charge in [-0.2, -0.15) is 0 Å². The topological polar surface area (TPSA) is 108 Å². The van der Waals surface area contributed by atoms with Crippen molar-refractivity contribution in [1.82, 2.24) is 4.98 Å². The molecule has 4 aromatic rings. The molecule has 1 aromatic heterocycles. The number of hydrogen-bond acceptors (Lipinski definition) is 4. The highest BCUT2D eigenvalue weighted by Gasteiger charge is 2.25. The SMILES string of the molecule is COc1cccc(-c2c(C(=O)O)[nH]c3c(S(=O)(=O)Nc4ccc(C(C)(C)C)cc4)cccc23)c1. The van der Waals surface area contributed by atoms with Gasteiger partial charge < -0.3 is 14.8 Å². The molecule has 0 aliphatic heterocycles. The van der Waals surface area contributed by atoms with Crippen LogP contribution in [0.15, 0.2) is 71.6 Å². The first-order chi connectivity index (χ1) is 16.0. The summed E-state index contributed by atoms with van der Waals surface area (Å²) in [5.41, 5.74) is 2.56. The number of fused-ring (bicyclic) bond motifs is 1. The summed E-state index contributed by atoms with van der Waals surface area (Å²) in [6.45, 7) is 6.24. The van der Waals surface area contributed by atoms with Gasteiger partial charge in [0.05, 0.1) is 12.6 Å². The maximum atomic E-state index is 13.3. The highest BCUT2D eigenvalue weighted by Crippen LogP contribution is 2.37. The number of aromatic amines is 1. The second-order valence-corrected chi connectivity index (χ2v) is 10.7. The van der Waals surface area contributed by atoms with Crippen LogP contribution in [0, 0.1) is 0 Å². The number of nitrogens with one attached hydrogen (secondary N) is 2. The van der Waals surface area contributed by atoms with Crippen LogP contribution in [0.25, 0.3) is 22.0 Å². The molecule has 0 atom stereocenters. The van der Waals surface area contributed by atoms with E-state index < -0.39 is 16.0 Å². The van der Waals surface area contributed by atoms with Crippen molar-refractivity contribution in [3.05, 3.63) is 78.0 Å². The number of methoxy groups -OCH3 is 1. The van der Waals surface area contributed by atoms with E-state index in [-0.39, 0.29) is 21.5 Å². The van der Waals surface area contributed by atoms with E-state index in [4.69, 9.17) is 4.74 Å². The van der Waals surface area contributed by atoms with Crippen molar-refractivity contribution in [3.63, 3.8) is 0 Å². The number of carboxylic acid groups (broad SMARTS) is 1. The maximum Gasteiger partial charge on any atom is 0.352 e. The number of aromatic nitrogens is 1.